The number of carbonyl (C=O) groups is 2. The van der Waals surface area contributed by atoms with Crippen LogP contribution in [0, 0.1) is 0 Å². The number of hydrogen-bond acceptors (Lipinski definition) is 5. The molecular weight excluding hydrogens is 410 g/mol. The summed E-state index contributed by atoms with van der Waals surface area (Å²) in [4.78, 5) is 30.7. The number of hydrogen-bond donors (Lipinski definition) is 1. The third-order valence-electron chi connectivity index (χ3n) is 5.71. The SMILES string of the molecule is O=C1c2ccccc2C(=O)c2c1n(O)n2Cc1ccc(-c2ccc3scnc3c2)cc1. The van der Waals surface area contributed by atoms with E-state index in [0.29, 0.717) is 11.1 Å². The van der Waals surface area contributed by atoms with Gasteiger partial charge in [-0.05, 0) is 28.8 Å². The van der Waals surface area contributed by atoms with Gasteiger partial charge in [0.15, 0.2) is 5.69 Å². The second-order valence-electron chi connectivity index (χ2n) is 7.48. The maximum atomic E-state index is 12.9. The zero-order chi connectivity index (χ0) is 21.1. The van der Waals surface area contributed by atoms with Gasteiger partial charge in [0.2, 0.25) is 11.6 Å². The molecule has 0 aliphatic heterocycles. The minimum atomic E-state index is -0.336. The van der Waals surface area contributed by atoms with Crippen LogP contribution < -0.4 is 0 Å². The molecule has 7 heteroatoms. The maximum absolute atomic E-state index is 12.9. The number of thiazole rings is 1. The normalized spacial score (nSPS) is 12.9. The van der Waals surface area contributed by atoms with E-state index in [0.717, 1.165) is 31.8 Å². The lowest BCUT2D eigenvalue weighted by Gasteiger charge is -2.29. The van der Waals surface area contributed by atoms with Crippen LogP contribution in [-0.4, -0.2) is 31.3 Å². The van der Waals surface area contributed by atoms with Gasteiger partial charge in [0, 0.05) is 11.1 Å². The van der Waals surface area contributed by atoms with E-state index in [-0.39, 0.29) is 29.5 Å². The van der Waals surface area contributed by atoms with Crippen LogP contribution in [0.1, 0.15) is 37.7 Å². The van der Waals surface area contributed by atoms with Crippen molar-refractivity contribution in [1.29, 1.82) is 0 Å². The smallest absolute Gasteiger partial charge is 0.217 e. The highest BCUT2D eigenvalue weighted by molar-refractivity contribution is 7.16. The van der Waals surface area contributed by atoms with Crippen molar-refractivity contribution in [3.63, 3.8) is 0 Å². The van der Waals surface area contributed by atoms with Crippen LogP contribution in [0.25, 0.3) is 21.3 Å². The molecular formula is C24H15N3O3S. The fraction of sp³-hybridized carbons (Fsp3) is 0.0417. The van der Waals surface area contributed by atoms with Gasteiger partial charge >= 0.3 is 0 Å². The number of nitrogens with zero attached hydrogens (tertiary/aromatic N) is 3. The zero-order valence-corrected chi connectivity index (χ0v) is 17.0. The third kappa shape index (κ3) is 2.60. The lowest BCUT2D eigenvalue weighted by atomic mass is 9.89. The van der Waals surface area contributed by atoms with Crippen LogP contribution in [0.15, 0.2) is 72.2 Å². The molecule has 0 saturated carbocycles. The van der Waals surface area contributed by atoms with E-state index in [9.17, 15) is 14.8 Å². The summed E-state index contributed by atoms with van der Waals surface area (Å²) in [6.07, 6.45) is 0. The van der Waals surface area contributed by atoms with Crippen LogP contribution in [-0.2, 0) is 6.54 Å². The molecule has 0 bridgehead atoms. The second-order valence-corrected chi connectivity index (χ2v) is 8.37. The molecule has 1 aliphatic rings. The molecule has 1 N–H and O–H groups in total. The van der Waals surface area contributed by atoms with Gasteiger partial charge in [-0.25, -0.2) is 9.67 Å². The fourth-order valence-corrected chi connectivity index (χ4v) is 4.76. The highest BCUT2D eigenvalue weighted by Crippen LogP contribution is 2.31. The van der Waals surface area contributed by atoms with Crippen LogP contribution in [0.2, 0.25) is 0 Å². The minimum absolute atomic E-state index is 0.0388. The first-order valence-electron chi connectivity index (χ1n) is 9.73. The first-order chi connectivity index (χ1) is 15.1. The predicted molar refractivity (Wildman–Crippen MR) is 117 cm³/mol. The molecule has 0 radical (unpaired) electrons. The van der Waals surface area contributed by atoms with Crippen LogP contribution in [0.5, 0.6) is 0 Å². The number of carbonyl (C=O) groups excluding carboxylic acids is 2. The van der Waals surface area contributed by atoms with Crippen molar-refractivity contribution in [2.24, 2.45) is 0 Å². The molecule has 0 fully saturated rings. The summed E-state index contributed by atoms with van der Waals surface area (Å²) in [5.74, 6) is -0.583. The molecule has 150 valence electrons. The average Bonchev–Trinajstić information content (AvgIpc) is 3.28. The van der Waals surface area contributed by atoms with Crippen molar-refractivity contribution in [2.75, 3.05) is 0 Å². The Kier molecular flexibility index (Phi) is 3.75. The van der Waals surface area contributed by atoms with E-state index >= 15 is 0 Å². The second kappa shape index (κ2) is 6.52. The Hall–Kier alpha value is -3.97. The molecule has 2 aromatic heterocycles. The van der Waals surface area contributed by atoms with Gasteiger partial charge in [0.1, 0.15) is 5.69 Å². The Bertz CT molecular complexity index is 1500. The lowest BCUT2D eigenvalue weighted by molar-refractivity contribution is 0.0595. The van der Waals surface area contributed by atoms with Crippen molar-refractivity contribution >= 4 is 33.1 Å². The zero-order valence-electron chi connectivity index (χ0n) is 16.1. The molecule has 3 aromatic carbocycles. The van der Waals surface area contributed by atoms with Gasteiger partial charge in [0.05, 0.1) is 22.3 Å². The van der Waals surface area contributed by atoms with Gasteiger partial charge in [-0.2, -0.15) is 0 Å². The molecule has 0 amide bonds. The number of benzene rings is 3. The molecule has 0 unspecified atom stereocenters. The molecule has 31 heavy (non-hydrogen) atoms. The van der Waals surface area contributed by atoms with Gasteiger partial charge in [-0.15, -0.1) is 16.2 Å². The summed E-state index contributed by atoms with van der Waals surface area (Å²) in [6.45, 7) is 0.280. The Labute approximate surface area is 180 Å². The summed E-state index contributed by atoms with van der Waals surface area (Å²) in [5, 5.41) is 10.4. The summed E-state index contributed by atoms with van der Waals surface area (Å²) in [6, 6.07) is 20.8. The van der Waals surface area contributed by atoms with Gasteiger partial charge < -0.3 is 5.21 Å². The van der Waals surface area contributed by atoms with Crippen LogP contribution in [0.4, 0.5) is 0 Å². The van der Waals surface area contributed by atoms with Crippen molar-refractivity contribution < 1.29 is 14.8 Å². The van der Waals surface area contributed by atoms with Crippen LogP contribution >= 0.6 is 11.3 Å². The maximum Gasteiger partial charge on any atom is 0.217 e. The Morgan fingerprint density at radius 3 is 2.26 bits per heavy atom. The third-order valence-corrected chi connectivity index (χ3v) is 6.52. The molecule has 1 aliphatic carbocycles. The van der Waals surface area contributed by atoms with Gasteiger partial charge in [-0.3, -0.25) is 9.59 Å². The van der Waals surface area contributed by atoms with Crippen molar-refractivity contribution in [1.82, 2.24) is 14.5 Å². The van der Waals surface area contributed by atoms with Crippen molar-refractivity contribution in [2.45, 2.75) is 6.54 Å². The van der Waals surface area contributed by atoms with E-state index in [1.807, 2.05) is 29.8 Å². The van der Waals surface area contributed by atoms with E-state index < -0.39 is 0 Å². The number of ketones is 2. The largest absolute Gasteiger partial charge is 0.412 e. The highest BCUT2D eigenvalue weighted by Gasteiger charge is 2.39. The summed E-state index contributed by atoms with van der Waals surface area (Å²) in [5.41, 5.74) is 6.83. The van der Waals surface area contributed by atoms with Gasteiger partial charge in [-0.1, -0.05) is 54.6 Å². The Balaban J connectivity index is 1.31. The number of fused-ring (bicyclic) bond motifs is 3. The predicted octanol–water partition coefficient (Wildman–Crippen LogP) is 4.63. The number of aromatic nitrogens is 3. The quantitative estimate of drug-likeness (QED) is 0.420. The minimum Gasteiger partial charge on any atom is -0.412 e. The van der Waals surface area contributed by atoms with E-state index in [1.54, 1.807) is 35.6 Å². The molecule has 0 spiro atoms. The monoisotopic (exact) mass is 425 g/mol. The van der Waals surface area contributed by atoms with E-state index in [1.165, 1.54) is 4.68 Å². The van der Waals surface area contributed by atoms with E-state index in [4.69, 9.17) is 0 Å². The van der Waals surface area contributed by atoms with Crippen LogP contribution in [0.3, 0.4) is 0 Å². The standard InChI is InChI=1S/C24H15N3O3S/c28-23-17-3-1-2-4-18(17)24(29)22-21(23)26(27(22)30)12-14-5-7-15(8-6-14)16-9-10-20-19(11-16)25-13-31-20/h1-11,13,30H,12H2. The number of rotatable bonds is 3. The first-order valence-corrected chi connectivity index (χ1v) is 10.6. The highest BCUT2D eigenvalue weighted by atomic mass is 32.1. The van der Waals surface area contributed by atoms with Crippen molar-refractivity contribution in [3.05, 3.63) is 100 Å². The molecule has 6 rings (SSSR count). The molecule has 0 saturated heterocycles. The Morgan fingerprint density at radius 2 is 1.52 bits per heavy atom. The van der Waals surface area contributed by atoms with E-state index in [2.05, 4.69) is 23.2 Å². The molecule has 5 aromatic rings. The lowest BCUT2D eigenvalue weighted by Crippen LogP contribution is -2.40. The fourth-order valence-electron chi connectivity index (χ4n) is 4.10. The molecule has 0 atom stereocenters. The topological polar surface area (TPSA) is 77.1 Å². The molecule has 2 heterocycles. The van der Waals surface area contributed by atoms with Crippen molar-refractivity contribution in [3.8, 4) is 11.1 Å². The first kappa shape index (κ1) is 17.9. The summed E-state index contributed by atoms with van der Waals surface area (Å²) < 4.78 is 2.58. The average molecular weight is 425 g/mol. The summed E-state index contributed by atoms with van der Waals surface area (Å²) in [7, 11) is 0. The molecule has 6 nitrogen and oxygen atoms in total. The summed E-state index contributed by atoms with van der Waals surface area (Å²) >= 11 is 1.61. The Morgan fingerprint density at radius 1 is 0.839 bits per heavy atom. The van der Waals surface area contributed by atoms with Gasteiger partial charge in [0.25, 0.3) is 0 Å².